The minimum Gasteiger partial charge on any atom is -0.383 e. The van der Waals surface area contributed by atoms with Crippen molar-refractivity contribution in [2.24, 2.45) is 0 Å². The molecule has 0 bridgehead atoms. The van der Waals surface area contributed by atoms with E-state index in [2.05, 4.69) is 0 Å². The molecule has 192 valence electrons. The maximum atomic E-state index is 14.3. The van der Waals surface area contributed by atoms with Gasteiger partial charge in [0.25, 0.3) is 11.5 Å². The molecule has 0 unspecified atom stereocenters. The molecule has 0 aliphatic carbocycles. The summed E-state index contributed by atoms with van der Waals surface area (Å²) in [7, 11) is 1.56. The fourth-order valence-electron chi connectivity index (χ4n) is 4.49. The van der Waals surface area contributed by atoms with Gasteiger partial charge in [0.1, 0.15) is 21.6 Å². The topological polar surface area (TPSA) is 70.4 Å². The van der Waals surface area contributed by atoms with Crippen LogP contribution in [0.15, 0.2) is 52.3 Å². The Bertz CT molecular complexity index is 1470. The van der Waals surface area contributed by atoms with Crippen LogP contribution < -0.4 is 15.4 Å². The highest BCUT2D eigenvalue weighted by molar-refractivity contribution is 8.26. The lowest BCUT2D eigenvalue weighted by Crippen LogP contribution is -2.47. The monoisotopic (exact) mass is 539 g/mol. The fraction of sp³-hybridized carbons (Fsp3) is 0.308. The minimum atomic E-state index is -0.262. The highest BCUT2D eigenvalue weighted by Crippen LogP contribution is 2.33. The highest BCUT2D eigenvalue weighted by Gasteiger charge is 2.33. The minimum absolute atomic E-state index is 0.254. The summed E-state index contributed by atoms with van der Waals surface area (Å²) in [6.45, 7) is 4.82. The molecule has 5 rings (SSSR count). The maximum absolute atomic E-state index is 14.3. The summed E-state index contributed by atoms with van der Waals surface area (Å²) in [4.78, 5) is 37.5. The first-order valence-electron chi connectivity index (χ1n) is 11.9. The van der Waals surface area contributed by atoms with Gasteiger partial charge in [-0.25, -0.2) is 9.37 Å². The van der Waals surface area contributed by atoms with Crippen LogP contribution in [0.3, 0.4) is 0 Å². The van der Waals surface area contributed by atoms with E-state index in [1.54, 1.807) is 31.5 Å². The van der Waals surface area contributed by atoms with Crippen LogP contribution in [0, 0.1) is 12.7 Å². The number of amides is 1. The van der Waals surface area contributed by atoms with Crippen LogP contribution in [0.4, 0.5) is 15.9 Å². The molecule has 2 saturated heterocycles. The zero-order valence-electron chi connectivity index (χ0n) is 20.5. The molecule has 37 heavy (non-hydrogen) atoms. The Morgan fingerprint density at radius 2 is 1.84 bits per heavy atom. The van der Waals surface area contributed by atoms with E-state index in [9.17, 15) is 14.0 Å². The van der Waals surface area contributed by atoms with Gasteiger partial charge in [0.05, 0.1) is 29.3 Å². The van der Waals surface area contributed by atoms with E-state index in [1.807, 2.05) is 34.9 Å². The van der Waals surface area contributed by atoms with Gasteiger partial charge < -0.3 is 14.5 Å². The number of ether oxygens (including phenoxy) is 1. The number of hydrogen-bond donors (Lipinski definition) is 0. The number of hydrogen-bond acceptors (Lipinski definition) is 8. The Hall–Kier alpha value is -3.28. The van der Waals surface area contributed by atoms with Crippen LogP contribution in [0.1, 0.15) is 11.1 Å². The van der Waals surface area contributed by atoms with Gasteiger partial charge >= 0.3 is 0 Å². The van der Waals surface area contributed by atoms with Gasteiger partial charge in [-0.3, -0.25) is 18.9 Å². The number of fused-ring (bicyclic) bond motifs is 1. The first kappa shape index (κ1) is 25.4. The molecule has 0 spiro atoms. The van der Waals surface area contributed by atoms with E-state index >= 15 is 0 Å². The number of halogens is 1. The number of nitrogens with zero attached hydrogens (tertiary/aromatic N) is 5. The molecule has 2 aliphatic rings. The molecule has 0 radical (unpaired) electrons. The Balaban J connectivity index is 1.52. The zero-order valence-corrected chi connectivity index (χ0v) is 22.1. The smallest absolute Gasteiger partial charge is 0.267 e. The number of methoxy groups -OCH3 is 1. The van der Waals surface area contributed by atoms with Crippen molar-refractivity contribution >= 4 is 57.4 Å². The summed E-state index contributed by atoms with van der Waals surface area (Å²) in [5.74, 6) is -0.00936. The predicted molar refractivity (Wildman–Crippen MR) is 149 cm³/mol. The second-order valence-corrected chi connectivity index (χ2v) is 10.5. The summed E-state index contributed by atoms with van der Waals surface area (Å²) in [5, 5.41) is 0. The number of aromatic nitrogens is 2. The van der Waals surface area contributed by atoms with Crippen molar-refractivity contribution in [1.29, 1.82) is 0 Å². The Labute approximate surface area is 223 Å². The summed E-state index contributed by atoms with van der Waals surface area (Å²) < 4.78 is 21.4. The normalized spacial score (nSPS) is 17.5. The van der Waals surface area contributed by atoms with E-state index in [0.717, 1.165) is 5.56 Å². The molecule has 1 amide bonds. The van der Waals surface area contributed by atoms with E-state index < -0.39 is 0 Å². The predicted octanol–water partition coefficient (Wildman–Crippen LogP) is 3.32. The third-order valence-corrected chi connectivity index (χ3v) is 7.80. The quantitative estimate of drug-likeness (QED) is 0.349. The average molecular weight is 540 g/mol. The molecule has 2 aliphatic heterocycles. The van der Waals surface area contributed by atoms with Crippen molar-refractivity contribution in [3.05, 3.63) is 74.8 Å². The number of para-hydroxylation sites is 1. The number of thioether (sulfide) groups is 1. The summed E-state index contributed by atoms with van der Waals surface area (Å²) in [5.41, 5.74) is 2.06. The average Bonchev–Trinajstić information content (AvgIpc) is 3.16. The maximum Gasteiger partial charge on any atom is 0.267 e. The van der Waals surface area contributed by atoms with Crippen molar-refractivity contribution in [1.82, 2.24) is 14.3 Å². The number of thiocarbonyl (C=S) groups is 1. The molecule has 3 aromatic rings. The van der Waals surface area contributed by atoms with Crippen LogP contribution in [-0.2, 0) is 9.53 Å². The Kier molecular flexibility index (Phi) is 7.27. The van der Waals surface area contributed by atoms with Gasteiger partial charge in [0.2, 0.25) is 0 Å². The number of piperazine rings is 1. The van der Waals surface area contributed by atoms with Crippen molar-refractivity contribution in [3.63, 3.8) is 0 Å². The van der Waals surface area contributed by atoms with Crippen LogP contribution in [0.5, 0.6) is 0 Å². The molecular weight excluding hydrogens is 513 g/mol. The first-order valence-corrected chi connectivity index (χ1v) is 13.1. The molecule has 0 N–H and O–H groups in total. The van der Waals surface area contributed by atoms with E-state index in [4.69, 9.17) is 21.9 Å². The molecule has 4 heterocycles. The van der Waals surface area contributed by atoms with Gasteiger partial charge in [0, 0.05) is 39.5 Å². The number of carbonyl (C=O) groups excluding carboxylic acids is 1. The van der Waals surface area contributed by atoms with Gasteiger partial charge in [-0.1, -0.05) is 42.2 Å². The van der Waals surface area contributed by atoms with Crippen molar-refractivity contribution < 1.29 is 13.9 Å². The van der Waals surface area contributed by atoms with Crippen molar-refractivity contribution in [2.75, 3.05) is 56.2 Å². The lowest BCUT2D eigenvalue weighted by atomic mass is 10.2. The zero-order chi connectivity index (χ0) is 26.1. The van der Waals surface area contributed by atoms with Crippen LogP contribution >= 0.6 is 24.0 Å². The number of rotatable bonds is 6. The van der Waals surface area contributed by atoms with Gasteiger partial charge in [0.15, 0.2) is 0 Å². The lowest BCUT2D eigenvalue weighted by Gasteiger charge is -2.37. The fourth-order valence-corrected chi connectivity index (χ4v) is 5.78. The standard InChI is InChI=1S/C26H26FN5O3S2/c1-17-7-8-22-28-23(30-11-9-29(10-12-30)20-6-4-3-5-19(20)27)18(24(33)32(22)16-17)15-21-25(34)31(13-14-35-2)26(36)37-21/h3-8,15-16H,9-14H2,1-2H3/b21-15-. The lowest BCUT2D eigenvalue weighted by molar-refractivity contribution is -0.122. The molecule has 2 aromatic heterocycles. The second kappa shape index (κ2) is 10.6. The third-order valence-electron chi connectivity index (χ3n) is 6.43. The third kappa shape index (κ3) is 4.98. The molecule has 1 aromatic carbocycles. The first-order chi connectivity index (χ1) is 17.9. The van der Waals surface area contributed by atoms with Crippen molar-refractivity contribution in [3.8, 4) is 0 Å². The second-order valence-electron chi connectivity index (χ2n) is 8.84. The Morgan fingerprint density at radius 3 is 2.57 bits per heavy atom. The Morgan fingerprint density at radius 1 is 1.11 bits per heavy atom. The van der Waals surface area contributed by atoms with E-state index in [1.165, 1.54) is 27.1 Å². The van der Waals surface area contributed by atoms with Crippen LogP contribution in [0.25, 0.3) is 11.7 Å². The van der Waals surface area contributed by atoms with Crippen LogP contribution in [0.2, 0.25) is 0 Å². The molecule has 0 saturated carbocycles. The number of benzene rings is 1. The number of pyridine rings is 1. The van der Waals surface area contributed by atoms with E-state index in [0.29, 0.717) is 71.3 Å². The van der Waals surface area contributed by atoms with E-state index in [-0.39, 0.29) is 17.3 Å². The molecule has 8 nitrogen and oxygen atoms in total. The summed E-state index contributed by atoms with van der Waals surface area (Å²) in [6, 6.07) is 10.4. The molecular formula is C26H26FN5O3S2. The van der Waals surface area contributed by atoms with Crippen molar-refractivity contribution in [2.45, 2.75) is 6.92 Å². The SMILES string of the molecule is COCCN1C(=O)/C(=C/c2c(N3CCN(c4ccccc4F)CC3)nc3ccc(C)cn3c2=O)SC1=S. The number of carbonyl (C=O) groups is 1. The number of anilines is 2. The van der Waals surface area contributed by atoms with Gasteiger partial charge in [-0.15, -0.1) is 0 Å². The largest absolute Gasteiger partial charge is 0.383 e. The molecule has 0 atom stereocenters. The van der Waals surface area contributed by atoms with Gasteiger partial charge in [-0.05, 0) is 36.8 Å². The summed E-state index contributed by atoms with van der Waals surface area (Å²) >= 11 is 6.57. The molecule has 11 heteroatoms. The summed E-state index contributed by atoms with van der Waals surface area (Å²) in [6.07, 6.45) is 3.35. The van der Waals surface area contributed by atoms with Crippen LogP contribution in [-0.4, -0.2) is 71.0 Å². The van der Waals surface area contributed by atoms with Gasteiger partial charge in [-0.2, -0.15) is 0 Å². The highest BCUT2D eigenvalue weighted by atomic mass is 32.2. The number of aryl methyl sites for hydroxylation is 1. The molecule has 2 fully saturated rings.